The van der Waals surface area contributed by atoms with Gasteiger partial charge in [0.25, 0.3) is 5.24 Å². The third-order valence-corrected chi connectivity index (χ3v) is 5.63. The quantitative estimate of drug-likeness (QED) is 0.512. The van der Waals surface area contributed by atoms with Crippen LogP contribution in [0.1, 0.15) is 24.8 Å². The fraction of sp³-hybridized carbons (Fsp3) is 0.318. The van der Waals surface area contributed by atoms with Crippen molar-refractivity contribution in [2.75, 3.05) is 31.3 Å². The van der Waals surface area contributed by atoms with Crippen molar-refractivity contribution in [1.29, 1.82) is 0 Å². The molecule has 1 heterocycles. The van der Waals surface area contributed by atoms with Crippen molar-refractivity contribution in [3.8, 4) is 5.75 Å². The summed E-state index contributed by atoms with van der Waals surface area (Å²) in [6, 6.07) is 12.8. The lowest BCUT2D eigenvalue weighted by Crippen LogP contribution is -2.18. The number of hydrogen-bond acceptors (Lipinski definition) is 5. The smallest absolute Gasteiger partial charge is 0.286 e. The number of carbonyl (C=O) groups is 3. The summed E-state index contributed by atoms with van der Waals surface area (Å²) >= 11 is 1.08. The van der Waals surface area contributed by atoms with E-state index in [2.05, 4.69) is 10.6 Å². The van der Waals surface area contributed by atoms with E-state index in [1.54, 1.807) is 20.2 Å². The Bertz CT molecular complexity index is 946. The molecule has 0 unspecified atom stereocenters. The molecule has 0 saturated carbocycles. The average molecular weight is 428 g/mol. The summed E-state index contributed by atoms with van der Waals surface area (Å²) in [6.45, 7) is 0.411. The zero-order valence-corrected chi connectivity index (χ0v) is 17.9. The largest absolute Gasteiger partial charge is 0.494 e. The molecule has 1 aliphatic rings. The molecule has 3 rings (SSSR count). The van der Waals surface area contributed by atoms with Crippen LogP contribution in [-0.4, -0.2) is 42.7 Å². The van der Waals surface area contributed by atoms with E-state index in [4.69, 9.17) is 4.74 Å². The summed E-state index contributed by atoms with van der Waals surface area (Å²) in [4.78, 5) is 37.9. The second kappa shape index (κ2) is 10.2. The highest BCUT2D eigenvalue weighted by molar-refractivity contribution is 8.13. The van der Waals surface area contributed by atoms with Crippen LogP contribution >= 0.6 is 11.8 Å². The molecule has 0 fully saturated rings. The highest BCUT2D eigenvalue weighted by Gasteiger charge is 2.15. The van der Waals surface area contributed by atoms with Gasteiger partial charge in [-0.3, -0.25) is 14.4 Å². The third-order valence-electron chi connectivity index (χ3n) is 4.51. The summed E-state index contributed by atoms with van der Waals surface area (Å²) < 4.78 is 5.76. The number of amides is 3. The molecular formula is C22H25N3O4S. The van der Waals surface area contributed by atoms with E-state index in [1.165, 1.54) is 4.90 Å². The molecule has 0 aliphatic carbocycles. The number of aryl methyl sites for hydroxylation is 1. The third kappa shape index (κ3) is 6.00. The summed E-state index contributed by atoms with van der Waals surface area (Å²) in [7, 11) is 3.38. The van der Waals surface area contributed by atoms with Gasteiger partial charge < -0.3 is 20.3 Å². The van der Waals surface area contributed by atoms with Crippen molar-refractivity contribution >= 4 is 40.2 Å². The number of carbonyl (C=O) groups excluding carboxylic acids is 3. The van der Waals surface area contributed by atoms with Gasteiger partial charge in [0.05, 0.1) is 12.3 Å². The number of nitrogens with one attached hydrogen (secondary N) is 2. The van der Waals surface area contributed by atoms with Gasteiger partial charge in [-0.1, -0.05) is 12.1 Å². The van der Waals surface area contributed by atoms with Crippen LogP contribution in [0, 0.1) is 0 Å². The number of thioether (sulfide) groups is 1. The monoisotopic (exact) mass is 427 g/mol. The first-order chi connectivity index (χ1) is 14.4. The molecule has 7 nitrogen and oxygen atoms in total. The minimum atomic E-state index is -0.128. The summed E-state index contributed by atoms with van der Waals surface area (Å²) in [6.07, 6.45) is 2.05. The van der Waals surface area contributed by atoms with Crippen molar-refractivity contribution in [1.82, 2.24) is 4.90 Å². The average Bonchev–Trinajstić information content (AvgIpc) is 2.72. The maximum Gasteiger partial charge on any atom is 0.286 e. The molecule has 2 N–H and O–H groups in total. The summed E-state index contributed by atoms with van der Waals surface area (Å²) in [5.74, 6) is 0.639. The van der Waals surface area contributed by atoms with Crippen molar-refractivity contribution in [2.24, 2.45) is 0 Å². The fourth-order valence-electron chi connectivity index (χ4n) is 2.93. The lowest BCUT2D eigenvalue weighted by atomic mass is 10.0. The van der Waals surface area contributed by atoms with E-state index in [1.807, 2.05) is 36.4 Å². The second-order valence-electron chi connectivity index (χ2n) is 7.13. The predicted molar refractivity (Wildman–Crippen MR) is 118 cm³/mol. The zero-order valence-electron chi connectivity index (χ0n) is 17.1. The maximum atomic E-state index is 12.3. The molecular weight excluding hydrogens is 402 g/mol. The maximum absolute atomic E-state index is 12.3. The van der Waals surface area contributed by atoms with Crippen molar-refractivity contribution in [3.63, 3.8) is 0 Å². The van der Waals surface area contributed by atoms with Gasteiger partial charge in [0.2, 0.25) is 11.8 Å². The molecule has 2 aromatic carbocycles. The number of benzene rings is 2. The first-order valence-corrected chi connectivity index (χ1v) is 10.6. The minimum absolute atomic E-state index is 0.0354. The zero-order chi connectivity index (χ0) is 21.5. The predicted octanol–water partition coefficient (Wildman–Crippen LogP) is 4.14. The van der Waals surface area contributed by atoms with Crippen LogP contribution < -0.4 is 15.4 Å². The summed E-state index contributed by atoms with van der Waals surface area (Å²) in [5, 5.41) is 5.61. The second-order valence-corrected chi connectivity index (χ2v) is 8.12. The molecule has 0 aromatic heterocycles. The Morgan fingerprint density at radius 1 is 1.17 bits per heavy atom. The molecule has 1 aliphatic heterocycles. The number of para-hydroxylation sites is 1. The Balaban J connectivity index is 1.46. The first kappa shape index (κ1) is 21.7. The number of nitrogens with zero attached hydrogens (tertiary/aromatic N) is 1. The molecule has 2 aromatic rings. The fourth-order valence-corrected chi connectivity index (χ4v) is 3.68. The van der Waals surface area contributed by atoms with Crippen LogP contribution in [0.25, 0.3) is 0 Å². The number of ether oxygens (including phenoxy) is 1. The lowest BCUT2D eigenvalue weighted by molar-refractivity contribution is -0.117. The van der Waals surface area contributed by atoms with Crippen LogP contribution in [0.4, 0.5) is 16.2 Å². The molecule has 158 valence electrons. The molecule has 0 atom stereocenters. The Labute approximate surface area is 180 Å². The molecule has 3 amide bonds. The van der Waals surface area contributed by atoms with E-state index >= 15 is 0 Å². The molecule has 0 spiro atoms. The van der Waals surface area contributed by atoms with Gasteiger partial charge in [0, 0.05) is 37.5 Å². The molecule has 30 heavy (non-hydrogen) atoms. The standard InChI is InChI=1S/C22H25N3O4S/c1-25(2)22(28)30-19-7-4-3-6-18(19)24-20(26)8-5-13-29-16-10-11-17-15(14-16)9-12-21(27)23-17/h3-4,6-7,10-11,14H,5,8-9,12-13H2,1-2H3,(H,23,27)(H,24,26). The van der Waals surface area contributed by atoms with Crippen LogP contribution in [0.5, 0.6) is 5.75 Å². The van der Waals surface area contributed by atoms with E-state index in [0.717, 1.165) is 28.8 Å². The van der Waals surface area contributed by atoms with E-state index in [-0.39, 0.29) is 17.1 Å². The van der Waals surface area contributed by atoms with E-state index in [0.29, 0.717) is 42.9 Å². The van der Waals surface area contributed by atoms with E-state index < -0.39 is 0 Å². The molecule has 8 heteroatoms. The Kier molecular flexibility index (Phi) is 7.35. The number of anilines is 2. The van der Waals surface area contributed by atoms with Gasteiger partial charge in [-0.25, -0.2) is 0 Å². The Morgan fingerprint density at radius 2 is 1.97 bits per heavy atom. The normalized spacial score (nSPS) is 12.5. The highest BCUT2D eigenvalue weighted by Crippen LogP contribution is 2.29. The van der Waals surface area contributed by atoms with Crippen LogP contribution in [0.15, 0.2) is 47.4 Å². The van der Waals surface area contributed by atoms with Gasteiger partial charge in [0.15, 0.2) is 0 Å². The first-order valence-electron chi connectivity index (χ1n) is 9.76. The van der Waals surface area contributed by atoms with Gasteiger partial charge >= 0.3 is 0 Å². The van der Waals surface area contributed by atoms with Gasteiger partial charge in [-0.2, -0.15) is 0 Å². The van der Waals surface area contributed by atoms with Crippen LogP contribution in [0.2, 0.25) is 0 Å². The molecule has 0 radical (unpaired) electrons. The molecule has 0 bridgehead atoms. The van der Waals surface area contributed by atoms with Gasteiger partial charge in [-0.05, 0) is 60.5 Å². The lowest BCUT2D eigenvalue weighted by Gasteiger charge is -2.17. The van der Waals surface area contributed by atoms with Gasteiger partial charge in [-0.15, -0.1) is 0 Å². The minimum Gasteiger partial charge on any atom is -0.494 e. The Hall–Kier alpha value is -3.00. The topological polar surface area (TPSA) is 87.7 Å². The Morgan fingerprint density at radius 3 is 2.77 bits per heavy atom. The number of fused-ring (bicyclic) bond motifs is 1. The van der Waals surface area contributed by atoms with Crippen LogP contribution in [0.3, 0.4) is 0 Å². The number of rotatable bonds is 7. The van der Waals surface area contributed by atoms with Crippen molar-refractivity contribution < 1.29 is 19.1 Å². The molecule has 0 saturated heterocycles. The van der Waals surface area contributed by atoms with Crippen LogP contribution in [-0.2, 0) is 16.0 Å². The summed E-state index contributed by atoms with van der Waals surface area (Å²) in [5.41, 5.74) is 2.52. The highest BCUT2D eigenvalue weighted by atomic mass is 32.2. The van der Waals surface area contributed by atoms with Crippen molar-refractivity contribution in [3.05, 3.63) is 48.0 Å². The SMILES string of the molecule is CN(C)C(=O)Sc1ccccc1NC(=O)CCCOc1ccc2c(c1)CCC(=O)N2. The van der Waals surface area contributed by atoms with Gasteiger partial charge in [0.1, 0.15) is 5.75 Å². The van der Waals surface area contributed by atoms with Crippen molar-refractivity contribution in [2.45, 2.75) is 30.6 Å². The number of hydrogen-bond donors (Lipinski definition) is 2. The van der Waals surface area contributed by atoms with E-state index in [9.17, 15) is 14.4 Å².